The Kier molecular flexibility index (Phi) is 9.18. The van der Waals surface area contributed by atoms with Crippen LogP contribution in [0.5, 0.6) is 0 Å². The molecule has 0 saturated heterocycles. The first-order valence-electron chi connectivity index (χ1n) is 12.9. The molecule has 2 aromatic heterocycles. The van der Waals surface area contributed by atoms with Gasteiger partial charge in [0.25, 0.3) is 5.91 Å². The van der Waals surface area contributed by atoms with Crippen LogP contribution in [-0.2, 0) is 22.5 Å². The third-order valence-corrected chi connectivity index (χ3v) is 7.95. The lowest BCUT2D eigenvalue weighted by Crippen LogP contribution is -2.40. The van der Waals surface area contributed by atoms with Gasteiger partial charge in [0, 0.05) is 38.6 Å². The van der Waals surface area contributed by atoms with Crippen molar-refractivity contribution in [1.29, 1.82) is 0 Å². The summed E-state index contributed by atoms with van der Waals surface area (Å²) >= 11 is 1.58. The Labute approximate surface area is 217 Å². The number of nitrogens with one attached hydrogen (secondary N) is 1. The van der Waals surface area contributed by atoms with Gasteiger partial charge in [-0.05, 0) is 86.6 Å². The van der Waals surface area contributed by atoms with Gasteiger partial charge in [0.1, 0.15) is 12.2 Å². The van der Waals surface area contributed by atoms with Crippen molar-refractivity contribution in [3.63, 3.8) is 0 Å². The van der Waals surface area contributed by atoms with Crippen molar-refractivity contribution in [1.82, 2.24) is 9.88 Å². The number of aromatic nitrogens is 1. The molecule has 0 unspecified atom stereocenters. The van der Waals surface area contributed by atoms with Crippen molar-refractivity contribution >= 4 is 39.1 Å². The van der Waals surface area contributed by atoms with Gasteiger partial charge in [0.05, 0.1) is 10.2 Å². The number of fused-ring (bicyclic) bond motifs is 1. The van der Waals surface area contributed by atoms with Crippen molar-refractivity contribution in [2.24, 2.45) is 5.92 Å². The van der Waals surface area contributed by atoms with E-state index in [1.165, 1.54) is 0 Å². The SMILES string of the molecule is CCN(C(=O)Cn1c(C(=O)NC2CCC(COC)CC2)cc2sccc21)c1cccc(CCCO)c1. The van der Waals surface area contributed by atoms with Crippen LogP contribution in [-0.4, -0.2) is 54.4 Å². The van der Waals surface area contributed by atoms with E-state index in [4.69, 9.17) is 9.84 Å². The number of hydrogen-bond acceptors (Lipinski definition) is 5. The molecule has 0 radical (unpaired) electrons. The molecule has 3 aromatic rings. The summed E-state index contributed by atoms with van der Waals surface area (Å²) < 4.78 is 8.16. The first-order chi connectivity index (χ1) is 17.5. The average molecular weight is 512 g/mol. The molecule has 1 aliphatic rings. The number of hydrogen-bond donors (Lipinski definition) is 2. The van der Waals surface area contributed by atoms with Crippen LogP contribution in [0.4, 0.5) is 5.69 Å². The molecule has 0 bridgehead atoms. The summed E-state index contributed by atoms with van der Waals surface area (Å²) in [7, 11) is 1.74. The van der Waals surface area contributed by atoms with E-state index in [9.17, 15) is 9.59 Å². The van der Waals surface area contributed by atoms with Crippen LogP contribution >= 0.6 is 11.3 Å². The van der Waals surface area contributed by atoms with Crippen molar-refractivity contribution < 1.29 is 19.4 Å². The van der Waals surface area contributed by atoms with E-state index in [0.717, 1.165) is 60.2 Å². The molecule has 1 fully saturated rings. The van der Waals surface area contributed by atoms with Gasteiger partial charge >= 0.3 is 0 Å². The van der Waals surface area contributed by atoms with Crippen LogP contribution in [0.3, 0.4) is 0 Å². The van der Waals surface area contributed by atoms with Gasteiger partial charge in [-0.2, -0.15) is 0 Å². The van der Waals surface area contributed by atoms with E-state index in [-0.39, 0.29) is 31.0 Å². The molecule has 194 valence electrons. The minimum Gasteiger partial charge on any atom is -0.396 e. The van der Waals surface area contributed by atoms with Crippen LogP contribution in [0.2, 0.25) is 0 Å². The zero-order valence-corrected chi connectivity index (χ0v) is 22.1. The third-order valence-electron chi connectivity index (χ3n) is 7.10. The molecule has 36 heavy (non-hydrogen) atoms. The van der Waals surface area contributed by atoms with Crippen molar-refractivity contribution in [2.75, 3.05) is 31.8 Å². The van der Waals surface area contributed by atoms with Crippen molar-refractivity contribution in [2.45, 2.75) is 58.0 Å². The molecule has 2 N–H and O–H groups in total. The molecule has 4 rings (SSSR count). The Hall–Kier alpha value is -2.68. The number of carbonyl (C=O) groups is 2. The number of aliphatic hydroxyl groups is 1. The summed E-state index contributed by atoms with van der Waals surface area (Å²) in [5.41, 5.74) is 3.38. The highest BCUT2D eigenvalue weighted by Gasteiger charge is 2.26. The number of aliphatic hydroxyl groups excluding tert-OH is 1. The normalized spacial score (nSPS) is 17.9. The van der Waals surface area contributed by atoms with Crippen LogP contribution in [0, 0.1) is 5.92 Å². The molecule has 0 aliphatic heterocycles. The van der Waals surface area contributed by atoms with Crippen molar-refractivity contribution in [3.8, 4) is 0 Å². The van der Waals surface area contributed by atoms with Gasteiger partial charge in [-0.15, -0.1) is 11.3 Å². The fraction of sp³-hybridized carbons (Fsp3) is 0.500. The predicted octanol–water partition coefficient (Wildman–Crippen LogP) is 4.62. The Morgan fingerprint density at radius 3 is 2.72 bits per heavy atom. The van der Waals surface area contributed by atoms with Crippen molar-refractivity contribution in [3.05, 3.63) is 53.0 Å². The number of carbonyl (C=O) groups excluding carboxylic acids is 2. The number of ether oxygens (including phenoxy) is 1. The van der Waals surface area contributed by atoms with Gasteiger partial charge in [-0.25, -0.2) is 0 Å². The number of anilines is 1. The second-order valence-corrected chi connectivity index (χ2v) is 10.5. The Bertz CT molecular complexity index is 1160. The Morgan fingerprint density at radius 2 is 2.00 bits per heavy atom. The Balaban J connectivity index is 1.50. The minimum absolute atomic E-state index is 0.0605. The average Bonchev–Trinajstić information content (AvgIpc) is 3.47. The number of amides is 2. The predicted molar refractivity (Wildman–Crippen MR) is 145 cm³/mol. The smallest absolute Gasteiger partial charge is 0.268 e. The lowest BCUT2D eigenvalue weighted by molar-refractivity contribution is -0.119. The monoisotopic (exact) mass is 511 g/mol. The van der Waals surface area contributed by atoms with E-state index in [0.29, 0.717) is 24.6 Å². The van der Waals surface area contributed by atoms with Gasteiger partial charge in [0.15, 0.2) is 0 Å². The summed E-state index contributed by atoms with van der Waals surface area (Å²) in [4.78, 5) is 28.6. The number of rotatable bonds is 11. The topological polar surface area (TPSA) is 83.8 Å². The van der Waals surface area contributed by atoms with E-state index < -0.39 is 0 Å². The van der Waals surface area contributed by atoms with E-state index in [1.807, 2.05) is 53.3 Å². The summed E-state index contributed by atoms with van der Waals surface area (Å²) in [6, 6.07) is 12.0. The van der Waals surface area contributed by atoms with Gasteiger partial charge < -0.3 is 24.6 Å². The van der Waals surface area contributed by atoms with Crippen LogP contribution in [0.15, 0.2) is 41.8 Å². The maximum absolute atomic E-state index is 13.5. The zero-order chi connectivity index (χ0) is 25.5. The second kappa shape index (κ2) is 12.5. The largest absolute Gasteiger partial charge is 0.396 e. The summed E-state index contributed by atoms with van der Waals surface area (Å²) in [6.07, 6.45) is 5.46. The summed E-state index contributed by atoms with van der Waals surface area (Å²) in [6.45, 7) is 3.51. The van der Waals surface area contributed by atoms with Gasteiger partial charge in [0.2, 0.25) is 5.91 Å². The highest BCUT2D eigenvalue weighted by atomic mass is 32.1. The minimum atomic E-state index is -0.115. The molecule has 1 aliphatic carbocycles. The molecule has 1 saturated carbocycles. The molecule has 1 aromatic carbocycles. The number of nitrogens with zero attached hydrogens (tertiary/aromatic N) is 2. The first-order valence-corrected chi connectivity index (χ1v) is 13.8. The number of methoxy groups -OCH3 is 1. The first kappa shape index (κ1) is 26.4. The molecule has 7 nitrogen and oxygen atoms in total. The van der Waals surface area contributed by atoms with Gasteiger partial charge in [-0.3, -0.25) is 9.59 Å². The van der Waals surface area contributed by atoms with E-state index in [2.05, 4.69) is 5.32 Å². The Morgan fingerprint density at radius 1 is 1.19 bits per heavy atom. The van der Waals surface area contributed by atoms with E-state index in [1.54, 1.807) is 23.3 Å². The molecule has 8 heteroatoms. The number of likely N-dealkylation sites (N-methyl/N-ethyl adjacent to an activating group) is 1. The van der Waals surface area contributed by atoms with Crippen LogP contribution in [0.25, 0.3) is 10.2 Å². The zero-order valence-electron chi connectivity index (χ0n) is 21.2. The molecule has 0 atom stereocenters. The third kappa shape index (κ3) is 6.17. The molecular formula is C28H37N3O4S. The number of thiophene rings is 1. The van der Waals surface area contributed by atoms with E-state index >= 15 is 0 Å². The number of aryl methyl sites for hydroxylation is 1. The highest BCUT2D eigenvalue weighted by Crippen LogP contribution is 2.28. The molecule has 2 heterocycles. The summed E-state index contributed by atoms with van der Waals surface area (Å²) in [5.74, 6) is 0.391. The lowest BCUT2D eigenvalue weighted by atomic mass is 9.86. The number of benzene rings is 1. The maximum atomic E-state index is 13.5. The van der Waals surface area contributed by atoms with Crippen LogP contribution < -0.4 is 10.2 Å². The van der Waals surface area contributed by atoms with Crippen LogP contribution in [0.1, 0.15) is 55.1 Å². The quantitative estimate of drug-likeness (QED) is 0.394. The highest BCUT2D eigenvalue weighted by molar-refractivity contribution is 7.17. The van der Waals surface area contributed by atoms with Gasteiger partial charge in [-0.1, -0.05) is 12.1 Å². The molecule has 2 amide bonds. The molecular weight excluding hydrogens is 474 g/mol. The fourth-order valence-electron chi connectivity index (χ4n) is 5.19. The fourth-order valence-corrected chi connectivity index (χ4v) is 6.01. The second-order valence-electron chi connectivity index (χ2n) is 9.57. The lowest BCUT2D eigenvalue weighted by Gasteiger charge is -2.28. The summed E-state index contributed by atoms with van der Waals surface area (Å²) in [5, 5.41) is 14.4. The maximum Gasteiger partial charge on any atom is 0.268 e. The standard InChI is InChI=1S/C28H37N3O4S/c1-3-30(23-8-4-6-20(16-23)7-5-14-32)27(33)18-31-24-13-15-36-26(24)17-25(31)28(34)29-22-11-9-21(10-12-22)19-35-2/h4,6,8,13,15-17,21-22,32H,3,5,7,9-12,14,18-19H2,1-2H3,(H,29,34). The molecule has 0 spiro atoms.